The highest BCUT2D eigenvalue weighted by atomic mass is 16.6. The van der Waals surface area contributed by atoms with Gasteiger partial charge in [-0.05, 0) is 73.5 Å². The van der Waals surface area contributed by atoms with Gasteiger partial charge in [0.15, 0.2) is 17.5 Å². The number of phenols is 1. The van der Waals surface area contributed by atoms with Crippen molar-refractivity contribution in [3.63, 3.8) is 0 Å². The van der Waals surface area contributed by atoms with Crippen molar-refractivity contribution in [1.29, 1.82) is 0 Å². The Morgan fingerprint density at radius 3 is 2.09 bits per heavy atom. The molecule has 412 valence electrons. The summed E-state index contributed by atoms with van der Waals surface area (Å²) in [7, 11) is 0. The first-order valence-electron chi connectivity index (χ1n) is 25.8. The third-order valence-electron chi connectivity index (χ3n) is 15.5. The van der Waals surface area contributed by atoms with Crippen LogP contribution in [0.1, 0.15) is 92.3 Å². The number of nitrogens with zero attached hydrogens (tertiary/aromatic N) is 1. The highest BCUT2D eigenvalue weighted by Gasteiger charge is 2.74. The molecule has 19 nitrogen and oxygen atoms in total. The van der Waals surface area contributed by atoms with Crippen molar-refractivity contribution in [2.75, 3.05) is 31.1 Å². The van der Waals surface area contributed by atoms with E-state index in [1.54, 1.807) is 91.0 Å². The van der Waals surface area contributed by atoms with Gasteiger partial charge in [0.2, 0.25) is 6.10 Å². The van der Waals surface area contributed by atoms with Gasteiger partial charge in [0.1, 0.15) is 35.7 Å². The van der Waals surface area contributed by atoms with Crippen molar-refractivity contribution in [1.82, 2.24) is 5.32 Å². The van der Waals surface area contributed by atoms with Crippen LogP contribution in [0.4, 0.5) is 5.69 Å². The highest BCUT2D eigenvalue weighted by Crippen LogP contribution is 2.60. The molecule has 3 unspecified atom stereocenters. The number of Topliss-reactive ketones (excluding diaryl/α,β-unsaturated/α-hetero) is 1. The molecule has 2 saturated carbocycles. The van der Waals surface area contributed by atoms with E-state index < -0.39 is 119 Å². The number of benzene rings is 4. The minimum Gasteiger partial charge on any atom is -0.507 e. The van der Waals surface area contributed by atoms with Gasteiger partial charge in [0.25, 0.3) is 5.91 Å². The second-order valence-electron chi connectivity index (χ2n) is 20.6. The molecule has 0 radical (unpaired) electrons. The molecule has 1 aliphatic heterocycles. The largest absolute Gasteiger partial charge is 0.507 e. The second kappa shape index (κ2) is 23.1. The van der Waals surface area contributed by atoms with Crippen LogP contribution in [0, 0.1) is 17.3 Å². The molecule has 4 aromatic rings. The predicted octanol–water partition coefficient (Wildman–Crippen LogP) is 5.10. The van der Waals surface area contributed by atoms with E-state index in [-0.39, 0.29) is 46.6 Å². The molecule has 0 spiro atoms. The van der Waals surface area contributed by atoms with Crippen LogP contribution >= 0.6 is 0 Å². The molecule has 8 rings (SSSR count). The van der Waals surface area contributed by atoms with E-state index in [4.69, 9.17) is 34.2 Å². The van der Waals surface area contributed by atoms with Crippen molar-refractivity contribution in [3.05, 3.63) is 149 Å². The number of hydrogen-bond donors (Lipinski definition) is 5. The Hall–Kier alpha value is -7.71. The topological polar surface area (TPSA) is 277 Å². The average molecular weight is 1070 g/mol. The SMILES string of the molecule is CCN(CCN)c1ccc(/C=C(\C)C(=O)O[C@@H](C(=O)OC2C=C3C(OC(C)=O)C(=O)C4[C@H]([C@H](OC(=O)c5ccccc5)[C@](O)(C2)C3(C)C)[C@]2(OC(C)=O)CO[C@@H]2C[C@@H]4O)[C@@H](NC(=O)c2ccccc2)c2ccccc2)c(O)c1. The number of hydrogen-bond acceptors (Lipinski definition) is 18. The monoisotopic (exact) mass is 1070 g/mol. The van der Waals surface area contributed by atoms with Gasteiger partial charge in [-0.25, -0.2) is 14.4 Å². The Labute approximate surface area is 451 Å². The number of aliphatic hydroxyl groups is 2. The third kappa shape index (κ3) is 11.0. The van der Waals surface area contributed by atoms with Crippen LogP contribution in [0.3, 0.4) is 0 Å². The first-order valence-corrected chi connectivity index (χ1v) is 25.8. The molecule has 11 atom stereocenters. The van der Waals surface area contributed by atoms with E-state index in [9.17, 15) is 39.3 Å². The van der Waals surface area contributed by atoms with Crippen molar-refractivity contribution in [3.8, 4) is 5.75 Å². The van der Waals surface area contributed by atoms with Crippen molar-refractivity contribution < 1.29 is 77.3 Å². The minimum atomic E-state index is -2.47. The van der Waals surface area contributed by atoms with Gasteiger partial charge in [-0.3, -0.25) is 19.2 Å². The minimum absolute atomic E-state index is 0.0341. The summed E-state index contributed by atoms with van der Waals surface area (Å²) in [4.78, 5) is 102. The van der Waals surface area contributed by atoms with Gasteiger partial charge in [-0.1, -0.05) is 80.6 Å². The molecule has 4 aromatic carbocycles. The molecule has 1 amide bonds. The van der Waals surface area contributed by atoms with E-state index in [2.05, 4.69) is 5.32 Å². The zero-order valence-corrected chi connectivity index (χ0v) is 44.2. The molecule has 1 saturated heterocycles. The molecular formula is C59H65N3O16. The van der Waals surface area contributed by atoms with Crippen molar-refractivity contribution in [2.24, 2.45) is 23.0 Å². The normalized spacial score (nSPS) is 26.7. The summed E-state index contributed by atoms with van der Waals surface area (Å²) in [5.74, 6) is -9.97. The first kappa shape index (κ1) is 56.5. The molecule has 3 fully saturated rings. The van der Waals surface area contributed by atoms with Gasteiger partial charge in [0.05, 0.1) is 30.1 Å². The quantitative estimate of drug-likeness (QED) is 0.0398. The van der Waals surface area contributed by atoms with E-state index in [1.165, 1.54) is 51.1 Å². The smallest absolute Gasteiger partial charge is 0.350 e. The van der Waals surface area contributed by atoms with Crippen LogP contribution in [-0.2, 0) is 52.4 Å². The molecule has 0 aromatic heterocycles. The maximum Gasteiger partial charge on any atom is 0.350 e. The summed E-state index contributed by atoms with van der Waals surface area (Å²) in [5, 5.41) is 39.8. The predicted molar refractivity (Wildman–Crippen MR) is 281 cm³/mol. The fourth-order valence-electron chi connectivity index (χ4n) is 11.4. The van der Waals surface area contributed by atoms with Crippen LogP contribution < -0.4 is 16.0 Å². The Morgan fingerprint density at radius 2 is 1.51 bits per heavy atom. The van der Waals surface area contributed by atoms with E-state index in [0.717, 1.165) is 13.8 Å². The summed E-state index contributed by atoms with van der Waals surface area (Å²) in [6.45, 7) is 9.74. The van der Waals surface area contributed by atoms with Crippen LogP contribution in [-0.4, -0.2) is 131 Å². The summed E-state index contributed by atoms with van der Waals surface area (Å²) < 4.78 is 36.6. The number of likely N-dealkylation sites (N-methyl/N-ethyl adjacent to an activating group) is 1. The molecule has 2 bridgehead atoms. The van der Waals surface area contributed by atoms with Gasteiger partial charge in [-0.15, -0.1) is 0 Å². The fraction of sp³-hybridized carbons (Fsp3) is 0.407. The second-order valence-corrected chi connectivity index (χ2v) is 20.6. The zero-order chi connectivity index (χ0) is 56.3. The lowest BCUT2D eigenvalue weighted by Crippen LogP contribution is -2.79. The number of aromatic hydroxyl groups is 1. The summed E-state index contributed by atoms with van der Waals surface area (Å²) >= 11 is 0. The molecule has 19 heteroatoms. The molecule has 78 heavy (non-hydrogen) atoms. The number of phenolic OH excluding ortho intramolecular Hbond substituents is 1. The van der Waals surface area contributed by atoms with E-state index in [1.807, 2.05) is 11.8 Å². The van der Waals surface area contributed by atoms with Crippen LogP contribution in [0.5, 0.6) is 5.75 Å². The lowest BCUT2D eigenvalue weighted by Gasteiger charge is -2.64. The van der Waals surface area contributed by atoms with Crippen molar-refractivity contribution in [2.45, 2.75) is 108 Å². The number of rotatable bonds is 17. The lowest BCUT2D eigenvalue weighted by atomic mass is 9.49. The third-order valence-corrected chi connectivity index (χ3v) is 15.5. The fourth-order valence-corrected chi connectivity index (χ4v) is 11.4. The summed E-state index contributed by atoms with van der Waals surface area (Å²) in [6, 6.07) is 27.4. The number of aliphatic hydroxyl groups excluding tert-OH is 1. The standard InChI is InChI=1S/C59H65N3O16/c1-7-62(26-25-60)40-24-23-39(43(65)28-40)27-33(2)54(69)76-51(48(36-17-11-8-12-18-36)61-53(68)37-19-13-9-14-20-37)56(71)75-41-29-42-50(74-34(3)63)49(67)46-44(66)30-45-58(32-73-45,78-35(4)64)47(46)52(59(72,31-41)57(42,5)6)77-55(70)38-21-15-10-16-22-38/h8-24,27-29,41,44-48,50-52,65-66,72H,7,25-26,30-32,60H2,1-6H3,(H,61,68)/b33-27+/t41?,44-,45+,46?,47+,48-,50?,51+,52-,58-,59+/m0/s1. The highest BCUT2D eigenvalue weighted by molar-refractivity contribution is 5.97. The van der Waals surface area contributed by atoms with E-state index >= 15 is 9.59 Å². The molecule has 4 aliphatic rings. The summed E-state index contributed by atoms with van der Waals surface area (Å²) in [6.07, 6.45) is -8.21. The summed E-state index contributed by atoms with van der Waals surface area (Å²) in [5.41, 5.74) is 1.04. The number of esters is 5. The van der Waals surface area contributed by atoms with Crippen LogP contribution in [0.15, 0.2) is 126 Å². The zero-order valence-electron chi connectivity index (χ0n) is 44.2. The Bertz CT molecular complexity index is 2980. The molecular weight excluding hydrogens is 1010 g/mol. The first-order chi connectivity index (χ1) is 37.1. The lowest BCUT2D eigenvalue weighted by molar-refractivity contribution is -0.332. The number of fused-ring (bicyclic) bond motifs is 5. The number of amides is 1. The van der Waals surface area contributed by atoms with Gasteiger partial charge < -0.3 is 59.7 Å². The maximum atomic E-state index is 15.4. The van der Waals surface area contributed by atoms with Crippen LogP contribution in [0.2, 0.25) is 0 Å². The van der Waals surface area contributed by atoms with Gasteiger partial charge in [0, 0.05) is 80.2 Å². The number of carbonyl (C=O) groups excluding carboxylic acids is 7. The number of nitrogens with two attached hydrogens (primary N) is 1. The van der Waals surface area contributed by atoms with E-state index in [0.29, 0.717) is 30.9 Å². The van der Waals surface area contributed by atoms with Crippen LogP contribution in [0.25, 0.3) is 6.08 Å². The van der Waals surface area contributed by atoms with Gasteiger partial charge in [-0.2, -0.15) is 0 Å². The van der Waals surface area contributed by atoms with Gasteiger partial charge >= 0.3 is 29.8 Å². The average Bonchev–Trinajstić information content (AvgIpc) is 2.47. The Kier molecular flexibility index (Phi) is 16.7. The number of carbonyl (C=O) groups is 7. The molecule has 3 aliphatic carbocycles. The number of ketones is 1. The number of anilines is 1. The number of ether oxygens (including phenoxy) is 6. The maximum absolute atomic E-state index is 15.4. The Balaban J connectivity index is 1.25. The molecule has 1 heterocycles. The Morgan fingerprint density at radius 1 is 0.872 bits per heavy atom. The molecule has 6 N–H and O–H groups in total. The number of nitrogens with one attached hydrogen (secondary N) is 1. The van der Waals surface area contributed by atoms with Crippen molar-refractivity contribution >= 4 is 53.3 Å².